The molecule has 240 valence electrons. The summed E-state index contributed by atoms with van der Waals surface area (Å²) in [5.41, 5.74) is 1.50. The van der Waals surface area contributed by atoms with Gasteiger partial charge in [-0.3, -0.25) is 14.4 Å². The summed E-state index contributed by atoms with van der Waals surface area (Å²) in [7, 11) is 0. The highest BCUT2D eigenvalue weighted by Gasteiger charge is 2.79. The van der Waals surface area contributed by atoms with Gasteiger partial charge < -0.3 is 24.5 Å². The number of carbonyl (C=O) groups is 3. The summed E-state index contributed by atoms with van der Waals surface area (Å²) in [5.74, 6) is -2.11. The Morgan fingerprint density at radius 2 is 1.71 bits per heavy atom. The number of anilines is 2. The number of amides is 3. The fraction of sp³-hybridized carbons (Fsp3) is 0.486. The van der Waals surface area contributed by atoms with E-state index >= 15 is 0 Å². The molecule has 1 N–H and O–H groups in total. The van der Waals surface area contributed by atoms with Crippen molar-refractivity contribution in [2.45, 2.75) is 76.5 Å². The highest BCUT2D eigenvalue weighted by atomic mass is 16.5. The average Bonchev–Trinajstić information content (AvgIpc) is 3.65. The molecule has 1 spiro atoms. The standard InChI is InChI=1S/C37H47N3O5/c1-6-21-38(28-15-11-9-12-16-28)33(42)30-31-34(43)40(23-13-10-14-24-41)32(37(31)20-19-36(30,8-3)45-37)35(44)39(22-7-2)29-25-26(4)17-18-27(29)5/h6-7,9,11-12,15-18,25,30-32,41H,1-2,8,10,13-14,19-24H2,3-5H3/t30-,31-,32?,36+,37?/m0/s1. The molecule has 3 aliphatic heterocycles. The van der Waals surface area contributed by atoms with E-state index in [1.54, 1.807) is 26.9 Å². The number of nitrogens with zero attached hydrogens (tertiary/aromatic N) is 3. The largest absolute Gasteiger partial charge is 0.396 e. The summed E-state index contributed by atoms with van der Waals surface area (Å²) in [6.45, 7) is 14.8. The lowest BCUT2D eigenvalue weighted by molar-refractivity contribution is -0.146. The highest BCUT2D eigenvalue weighted by molar-refractivity contribution is 6.07. The van der Waals surface area contributed by atoms with Gasteiger partial charge in [0.05, 0.1) is 17.4 Å². The maximum absolute atomic E-state index is 15.0. The average molecular weight is 614 g/mol. The Labute approximate surface area is 267 Å². The molecular formula is C37H47N3O5. The van der Waals surface area contributed by atoms with Crippen molar-refractivity contribution < 1.29 is 24.2 Å². The molecule has 2 bridgehead atoms. The number of aliphatic hydroxyl groups is 1. The fourth-order valence-corrected chi connectivity index (χ4v) is 8.01. The molecule has 2 aromatic carbocycles. The van der Waals surface area contributed by atoms with E-state index in [1.807, 2.05) is 69.3 Å². The van der Waals surface area contributed by atoms with Crippen molar-refractivity contribution in [2.24, 2.45) is 11.8 Å². The lowest BCUT2D eigenvalue weighted by Crippen LogP contribution is -2.56. The Hall–Kier alpha value is -3.75. The number of para-hydroxylation sites is 1. The number of likely N-dealkylation sites (tertiary alicyclic amines) is 1. The van der Waals surface area contributed by atoms with Crippen molar-refractivity contribution in [1.29, 1.82) is 0 Å². The summed E-state index contributed by atoms with van der Waals surface area (Å²) in [6.07, 6.45) is 7.03. The van der Waals surface area contributed by atoms with E-state index in [0.717, 1.165) is 28.9 Å². The first-order chi connectivity index (χ1) is 21.7. The quantitative estimate of drug-likeness (QED) is 0.229. The normalized spacial score (nSPS) is 26.5. The number of rotatable bonds is 14. The molecule has 0 radical (unpaired) electrons. The number of unbranched alkanes of at least 4 members (excludes halogenated alkanes) is 2. The minimum Gasteiger partial charge on any atom is -0.396 e. The molecule has 3 saturated heterocycles. The molecule has 3 fully saturated rings. The number of benzene rings is 2. The first-order valence-electron chi connectivity index (χ1n) is 16.3. The SMILES string of the molecule is C=CCN(C(=O)[C@@H]1[C@H]2C(=O)N(CCCCCO)C(C(=O)N(CC=C)c3cc(C)ccc3C)C23CC[C@@]1(CC)O3)c1ccccc1. The van der Waals surface area contributed by atoms with Crippen LogP contribution >= 0.6 is 0 Å². The van der Waals surface area contributed by atoms with Gasteiger partial charge in [-0.05, 0) is 81.7 Å². The fourth-order valence-electron chi connectivity index (χ4n) is 8.01. The second-order valence-electron chi connectivity index (χ2n) is 12.7. The Morgan fingerprint density at radius 1 is 1.00 bits per heavy atom. The number of aryl methyl sites for hydroxylation is 2. The van der Waals surface area contributed by atoms with Gasteiger partial charge in [0.2, 0.25) is 11.8 Å². The number of fused-ring (bicyclic) bond motifs is 1. The first-order valence-corrected chi connectivity index (χ1v) is 16.3. The van der Waals surface area contributed by atoms with E-state index in [1.165, 1.54) is 0 Å². The third-order valence-electron chi connectivity index (χ3n) is 10.1. The van der Waals surface area contributed by atoms with Crippen LogP contribution in [0.2, 0.25) is 0 Å². The van der Waals surface area contributed by atoms with Crippen LogP contribution in [-0.4, -0.2) is 71.2 Å². The molecule has 3 amide bonds. The first kappa shape index (κ1) is 32.6. The van der Waals surface area contributed by atoms with Crippen LogP contribution in [0.3, 0.4) is 0 Å². The van der Waals surface area contributed by atoms with Gasteiger partial charge in [0, 0.05) is 37.6 Å². The Bertz CT molecular complexity index is 1440. The molecule has 8 nitrogen and oxygen atoms in total. The molecule has 8 heteroatoms. The molecule has 0 saturated carbocycles. The zero-order valence-electron chi connectivity index (χ0n) is 26.9. The minimum absolute atomic E-state index is 0.0694. The van der Waals surface area contributed by atoms with Gasteiger partial charge in [0.15, 0.2) is 0 Å². The van der Waals surface area contributed by atoms with Crippen LogP contribution in [0.4, 0.5) is 11.4 Å². The zero-order chi connectivity index (χ0) is 32.4. The van der Waals surface area contributed by atoms with Crippen molar-refractivity contribution in [3.63, 3.8) is 0 Å². The van der Waals surface area contributed by atoms with Crippen LogP contribution in [0.15, 0.2) is 73.8 Å². The van der Waals surface area contributed by atoms with E-state index in [-0.39, 0.29) is 30.9 Å². The van der Waals surface area contributed by atoms with Gasteiger partial charge in [0.1, 0.15) is 11.6 Å². The number of aliphatic hydroxyl groups excluding tert-OH is 1. The second kappa shape index (κ2) is 13.3. The summed E-state index contributed by atoms with van der Waals surface area (Å²) in [5, 5.41) is 9.39. The molecule has 3 aliphatic rings. The molecule has 0 aromatic heterocycles. The Morgan fingerprint density at radius 3 is 2.38 bits per heavy atom. The van der Waals surface area contributed by atoms with Crippen molar-refractivity contribution in [1.82, 2.24) is 4.90 Å². The number of hydrogen-bond donors (Lipinski definition) is 1. The van der Waals surface area contributed by atoms with Gasteiger partial charge >= 0.3 is 0 Å². The van der Waals surface area contributed by atoms with E-state index in [2.05, 4.69) is 13.2 Å². The Kier molecular flexibility index (Phi) is 9.65. The monoisotopic (exact) mass is 613 g/mol. The summed E-state index contributed by atoms with van der Waals surface area (Å²) < 4.78 is 7.05. The van der Waals surface area contributed by atoms with Gasteiger partial charge in [0.25, 0.3) is 5.91 Å². The van der Waals surface area contributed by atoms with Crippen LogP contribution in [-0.2, 0) is 19.1 Å². The van der Waals surface area contributed by atoms with E-state index in [9.17, 15) is 19.5 Å². The lowest BCUT2D eigenvalue weighted by Gasteiger charge is -2.37. The van der Waals surface area contributed by atoms with Crippen LogP contribution in [0.5, 0.6) is 0 Å². The molecule has 5 atom stereocenters. The predicted molar refractivity (Wildman–Crippen MR) is 177 cm³/mol. The number of ether oxygens (including phenoxy) is 1. The van der Waals surface area contributed by atoms with Crippen molar-refractivity contribution in [3.05, 3.63) is 85.0 Å². The Balaban J connectivity index is 1.61. The molecule has 45 heavy (non-hydrogen) atoms. The van der Waals surface area contributed by atoms with Crippen molar-refractivity contribution >= 4 is 29.1 Å². The predicted octanol–water partition coefficient (Wildman–Crippen LogP) is 5.36. The van der Waals surface area contributed by atoms with Gasteiger partial charge in [-0.2, -0.15) is 0 Å². The maximum Gasteiger partial charge on any atom is 0.253 e. The molecule has 2 aromatic rings. The van der Waals surface area contributed by atoms with Crippen LogP contribution in [0.1, 0.15) is 56.6 Å². The summed E-state index contributed by atoms with van der Waals surface area (Å²) in [6, 6.07) is 14.6. The zero-order valence-corrected chi connectivity index (χ0v) is 26.9. The minimum atomic E-state index is -1.13. The topological polar surface area (TPSA) is 90.4 Å². The van der Waals surface area contributed by atoms with E-state index in [4.69, 9.17) is 4.74 Å². The highest BCUT2D eigenvalue weighted by Crippen LogP contribution is 2.65. The second-order valence-corrected chi connectivity index (χ2v) is 12.7. The van der Waals surface area contributed by atoms with Crippen molar-refractivity contribution in [2.75, 3.05) is 36.0 Å². The summed E-state index contributed by atoms with van der Waals surface area (Å²) in [4.78, 5) is 49.4. The van der Waals surface area contributed by atoms with Gasteiger partial charge in [-0.15, -0.1) is 13.2 Å². The van der Waals surface area contributed by atoms with Gasteiger partial charge in [-0.1, -0.05) is 49.4 Å². The number of hydrogen-bond acceptors (Lipinski definition) is 5. The van der Waals surface area contributed by atoms with Crippen LogP contribution in [0, 0.1) is 25.7 Å². The van der Waals surface area contributed by atoms with E-state index in [0.29, 0.717) is 45.2 Å². The molecule has 2 unspecified atom stereocenters. The number of carbonyl (C=O) groups excluding carboxylic acids is 3. The molecule has 0 aliphatic carbocycles. The molecule has 3 heterocycles. The van der Waals surface area contributed by atoms with Crippen LogP contribution in [0.25, 0.3) is 0 Å². The van der Waals surface area contributed by atoms with Crippen molar-refractivity contribution in [3.8, 4) is 0 Å². The lowest BCUT2D eigenvalue weighted by atomic mass is 9.64. The van der Waals surface area contributed by atoms with Gasteiger partial charge in [-0.25, -0.2) is 0 Å². The van der Waals surface area contributed by atoms with E-state index < -0.39 is 29.1 Å². The third kappa shape index (κ3) is 5.52. The smallest absolute Gasteiger partial charge is 0.253 e. The molecule has 5 rings (SSSR count). The third-order valence-corrected chi connectivity index (χ3v) is 10.1. The van der Waals surface area contributed by atoms with Crippen LogP contribution < -0.4 is 9.80 Å². The molecular weight excluding hydrogens is 566 g/mol. The maximum atomic E-state index is 15.0. The summed E-state index contributed by atoms with van der Waals surface area (Å²) >= 11 is 0.